The third-order valence-electron chi connectivity index (χ3n) is 2.95. The zero-order valence-electron chi connectivity index (χ0n) is 17.5. The summed E-state index contributed by atoms with van der Waals surface area (Å²) in [5, 5.41) is 0. The third kappa shape index (κ3) is 14.0. The number of benzene rings is 2. The quantitative estimate of drug-likeness (QED) is 0.515. The normalized spacial score (nSPS) is 8.08. The van der Waals surface area contributed by atoms with Crippen LogP contribution in [0.3, 0.4) is 0 Å². The minimum atomic E-state index is 0. The van der Waals surface area contributed by atoms with Crippen molar-refractivity contribution in [2.24, 2.45) is 0 Å². The fourth-order valence-electron chi connectivity index (χ4n) is 1.60. The first-order chi connectivity index (χ1) is 11.4. The molecule has 0 saturated carbocycles. The molecule has 0 aliphatic rings. The summed E-state index contributed by atoms with van der Waals surface area (Å²) >= 11 is 0. The molecule has 1 radical (unpaired) electrons. The van der Waals surface area contributed by atoms with Crippen molar-refractivity contribution in [2.75, 3.05) is 23.9 Å². The van der Waals surface area contributed by atoms with Crippen LogP contribution >= 0.6 is 0 Å². The summed E-state index contributed by atoms with van der Waals surface area (Å²) < 4.78 is 0. The molecule has 0 aromatic heterocycles. The van der Waals surface area contributed by atoms with Crippen LogP contribution in [0.25, 0.3) is 0 Å². The van der Waals surface area contributed by atoms with Crippen molar-refractivity contribution in [1.82, 2.24) is 0 Å². The van der Waals surface area contributed by atoms with Crippen LogP contribution in [0.4, 0.5) is 11.4 Å². The Bertz CT molecular complexity index is 453. The van der Waals surface area contributed by atoms with Gasteiger partial charge >= 0.3 is 0 Å². The van der Waals surface area contributed by atoms with Gasteiger partial charge in [-0.3, -0.25) is 14.1 Å². The van der Waals surface area contributed by atoms with Crippen molar-refractivity contribution in [3.05, 3.63) is 73.8 Å². The molecule has 0 bridgehead atoms. The van der Waals surface area contributed by atoms with E-state index in [0.29, 0.717) is 0 Å². The van der Waals surface area contributed by atoms with Gasteiger partial charge in [0, 0.05) is 44.1 Å². The fourth-order valence-corrected chi connectivity index (χ4v) is 1.60. The molecule has 0 amide bonds. The second-order valence-electron chi connectivity index (χ2n) is 5.07. The first-order valence-electron chi connectivity index (χ1n) is 8.62. The molecule has 2 aromatic carbocycles. The Kier molecular flexibility index (Phi) is 20.8. The van der Waals surface area contributed by atoms with Crippen LogP contribution in [0, 0.1) is 27.9 Å². The van der Waals surface area contributed by atoms with Crippen molar-refractivity contribution in [1.29, 1.82) is 0 Å². The van der Waals surface area contributed by atoms with E-state index < -0.39 is 0 Å². The monoisotopic (exact) mass is 417 g/mol. The van der Waals surface area contributed by atoms with Crippen LogP contribution < -0.4 is 9.80 Å². The van der Waals surface area contributed by atoms with Crippen molar-refractivity contribution < 1.29 is 32.7 Å². The zero-order chi connectivity index (χ0) is 19.1. The van der Waals surface area contributed by atoms with E-state index in [0.717, 1.165) is 11.4 Å². The largest absolute Gasteiger partial charge is 0.528 e. The number of rotatable bonds is 2. The van der Waals surface area contributed by atoms with Gasteiger partial charge in [-0.1, -0.05) is 63.1 Å². The van der Waals surface area contributed by atoms with Gasteiger partial charge < -0.3 is 9.80 Å². The number of hydrogen-bond donors (Lipinski definition) is 0. The Hall–Kier alpha value is -0.856. The maximum Gasteiger partial charge on any atom is 0.00666 e. The van der Waals surface area contributed by atoms with Crippen molar-refractivity contribution in [3.8, 4) is 0 Å². The summed E-state index contributed by atoms with van der Waals surface area (Å²) in [6.07, 6.45) is 0. The molecular weight excluding hydrogens is 381 g/mol. The Balaban J connectivity index is -0.000000312. The van der Waals surface area contributed by atoms with Crippen LogP contribution in [0.5, 0.6) is 0 Å². The average Bonchev–Trinajstić information content (AvgIpc) is 2.60. The summed E-state index contributed by atoms with van der Waals surface area (Å²) in [5.41, 5.74) is 4.85. The van der Waals surface area contributed by atoms with Crippen molar-refractivity contribution >= 4 is 11.4 Å². The first kappa shape index (κ1) is 28.9. The van der Waals surface area contributed by atoms with Crippen molar-refractivity contribution in [2.45, 2.75) is 41.5 Å². The molecule has 0 heterocycles. The van der Waals surface area contributed by atoms with Crippen LogP contribution in [-0.2, 0) is 32.7 Å². The van der Waals surface area contributed by atoms with Gasteiger partial charge in [-0.05, 0) is 52.2 Å². The number of anilines is 2. The Morgan fingerprint density at radius 2 is 0.760 bits per heavy atom. The predicted molar refractivity (Wildman–Crippen MR) is 113 cm³/mol. The topological polar surface area (TPSA) is 6.48 Å². The first-order valence-corrected chi connectivity index (χ1v) is 8.62. The van der Waals surface area contributed by atoms with Crippen LogP contribution in [0.2, 0.25) is 0 Å². The summed E-state index contributed by atoms with van der Waals surface area (Å²) in [6, 6.07) is 16.6. The van der Waals surface area contributed by atoms with E-state index in [9.17, 15) is 0 Å². The molecule has 139 valence electrons. The second-order valence-corrected chi connectivity index (χ2v) is 5.07. The van der Waals surface area contributed by atoms with E-state index in [1.54, 1.807) is 0 Å². The molecule has 0 unspecified atom stereocenters. The fraction of sp³-hybridized carbons (Fsp3) is 0.364. The minimum Gasteiger partial charge on any atom is -0.528 e. The Morgan fingerprint density at radius 3 is 0.920 bits per heavy atom. The zero-order valence-corrected chi connectivity index (χ0v) is 20.3. The van der Waals surface area contributed by atoms with E-state index in [-0.39, 0.29) is 32.7 Å². The molecule has 2 nitrogen and oxygen atoms in total. The number of aryl methyl sites for hydroxylation is 2. The smallest absolute Gasteiger partial charge is 0.00666 e. The number of hydrogen-bond acceptors (Lipinski definition) is 2. The van der Waals surface area contributed by atoms with Gasteiger partial charge in [-0.25, -0.2) is 0 Å². The summed E-state index contributed by atoms with van der Waals surface area (Å²) in [6.45, 7) is 12.2. The van der Waals surface area contributed by atoms with Crippen molar-refractivity contribution in [3.63, 3.8) is 0 Å². The van der Waals surface area contributed by atoms with Gasteiger partial charge in [0.15, 0.2) is 0 Å². The van der Waals surface area contributed by atoms with Crippen LogP contribution in [0.15, 0.2) is 48.5 Å². The maximum atomic E-state index is 3.77. The molecule has 25 heavy (non-hydrogen) atoms. The summed E-state index contributed by atoms with van der Waals surface area (Å²) in [4.78, 5) is 3.69. The van der Waals surface area contributed by atoms with Gasteiger partial charge in [-0.2, -0.15) is 0 Å². The summed E-state index contributed by atoms with van der Waals surface area (Å²) in [7, 11) is 11.4. The van der Waals surface area contributed by atoms with Gasteiger partial charge in [-0.15, -0.1) is 0 Å². The van der Waals surface area contributed by atoms with Crippen LogP contribution in [0.1, 0.15) is 38.8 Å². The predicted octanol–water partition coefficient (Wildman–Crippen LogP) is 6.50. The molecule has 0 fully saturated rings. The van der Waals surface area contributed by atoms with Gasteiger partial charge in [0.25, 0.3) is 0 Å². The number of nitrogens with zero attached hydrogens (tertiary/aromatic N) is 2. The second kappa shape index (κ2) is 18.0. The molecule has 0 spiro atoms. The maximum absolute atomic E-state index is 3.77. The van der Waals surface area contributed by atoms with E-state index in [2.05, 4.69) is 76.5 Å². The van der Waals surface area contributed by atoms with E-state index in [1.165, 1.54) is 11.1 Å². The molecule has 0 aliphatic heterocycles. The Labute approximate surface area is 182 Å². The standard InChI is InChI=1S/2C9H12N.2C2H6.Y/c2*1-8-4-6-9(7-5-8)10(2)3;2*1-2;/h2*4-7H,2H2,1,3H3;2*1-2H3;/q2*-1;;;. The minimum absolute atomic E-state index is 0. The SMILES string of the molecule is CC.CC.[CH2-]N(C)c1ccc(C)cc1.[CH2-]N(C)c1ccc(C)cc1.[Y]. The van der Waals surface area contributed by atoms with E-state index in [4.69, 9.17) is 0 Å². The molecule has 2 aromatic rings. The molecule has 0 aliphatic carbocycles. The Morgan fingerprint density at radius 1 is 0.560 bits per heavy atom. The van der Waals surface area contributed by atoms with Gasteiger partial charge in [0.2, 0.25) is 0 Å². The molecule has 0 N–H and O–H groups in total. The van der Waals surface area contributed by atoms with Gasteiger partial charge in [0.05, 0.1) is 0 Å². The molecule has 0 saturated heterocycles. The molecule has 3 heteroatoms. The van der Waals surface area contributed by atoms with E-state index in [1.807, 2.05) is 51.6 Å². The van der Waals surface area contributed by atoms with E-state index >= 15 is 0 Å². The molecular formula is C22H36N2Y-2. The third-order valence-corrected chi connectivity index (χ3v) is 2.95. The molecule has 2 rings (SSSR count). The average molecular weight is 417 g/mol. The van der Waals surface area contributed by atoms with Crippen LogP contribution in [-0.4, -0.2) is 14.1 Å². The van der Waals surface area contributed by atoms with Gasteiger partial charge in [0.1, 0.15) is 0 Å². The summed E-state index contributed by atoms with van der Waals surface area (Å²) in [5.74, 6) is 0. The molecule has 0 atom stereocenters.